The van der Waals surface area contributed by atoms with Crippen LogP contribution in [0.5, 0.6) is 5.75 Å². The summed E-state index contributed by atoms with van der Waals surface area (Å²) in [5.41, 5.74) is 1.20. The molecule has 1 fully saturated rings. The zero-order valence-electron chi connectivity index (χ0n) is 26.6. The number of carboxylic acids is 1. The fraction of sp³-hybridized carbons (Fsp3) is 0.424. The van der Waals surface area contributed by atoms with Crippen molar-refractivity contribution in [3.8, 4) is 5.75 Å². The average molecular weight is 650 g/mol. The van der Waals surface area contributed by atoms with E-state index in [1.807, 2.05) is 0 Å². The molecule has 2 heterocycles. The molecule has 3 atom stereocenters. The highest BCUT2D eigenvalue weighted by atomic mass is 16.5. The molecule has 0 bridgehead atoms. The average Bonchev–Trinajstić information content (AvgIpc) is 3.71. The number of carbonyl (C=O) groups excluding carboxylic acids is 5. The van der Waals surface area contributed by atoms with E-state index >= 15 is 0 Å². The second-order valence-electron chi connectivity index (χ2n) is 11.9. The van der Waals surface area contributed by atoms with Crippen molar-refractivity contribution in [2.24, 2.45) is 11.8 Å². The van der Waals surface area contributed by atoms with Gasteiger partial charge in [0.2, 0.25) is 23.5 Å². The Balaban J connectivity index is 1.35. The molecule has 1 aliphatic rings. The van der Waals surface area contributed by atoms with Gasteiger partial charge in [0, 0.05) is 12.1 Å². The van der Waals surface area contributed by atoms with E-state index in [9.17, 15) is 28.8 Å². The highest BCUT2D eigenvalue weighted by molar-refractivity contribution is 6.01. The normalized spacial score (nSPS) is 15.7. The molecule has 0 saturated carbocycles. The van der Waals surface area contributed by atoms with Gasteiger partial charge in [0.1, 0.15) is 23.3 Å². The maximum absolute atomic E-state index is 13.7. The Hall–Kier alpha value is -5.27. The van der Waals surface area contributed by atoms with Crippen LogP contribution in [-0.2, 0) is 19.2 Å². The van der Waals surface area contributed by atoms with Crippen LogP contribution < -0.4 is 20.7 Å². The lowest BCUT2D eigenvalue weighted by Gasteiger charge is -2.31. The number of hydrogen-bond donors (Lipinski definition) is 4. The number of likely N-dealkylation sites (tertiary alicyclic amines) is 1. The Morgan fingerprint density at radius 3 is 2.28 bits per heavy atom. The first-order valence-electron chi connectivity index (χ1n) is 15.4. The minimum Gasteiger partial charge on any atom is -0.482 e. The topological polar surface area (TPSA) is 197 Å². The van der Waals surface area contributed by atoms with Crippen LogP contribution in [0.4, 0.5) is 0 Å². The number of benzene rings is 2. The van der Waals surface area contributed by atoms with Gasteiger partial charge < -0.3 is 35.1 Å². The molecule has 14 nitrogen and oxygen atoms in total. The van der Waals surface area contributed by atoms with Crippen LogP contribution in [0.3, 0.4) is 0 Å². The van der Waals surface area contributed by atoms with Gasteiger partial charge in [0.05, 0.1) is 12.6 Å². The molecule has 0 aliphatic carbocycles. The molecular formula is C33H39N5O9. The van der Waals surface area contributed by atoms with E-state index in [0.717, 1.165) is 0 Å². The van der Waals surface area contributed by atoms with Gasteiger partial charge in [0.25, 0.3) is 11.8 Å². The lowest BCUT2D eigenvalue weighted by atomic mass is 9.98. The Bertz CT molecular complexity index is 1600. The number of nitrogens with one attached hydrogen (secondary N) is 3. The molecule has 250 valence electrons. The van der Waals surface area contributed by atoms with Crippen LogP contribution in [0.15, 0.2) is 52.9 Å². The maximum Gasteiger partial charge on any atom is 0.341 e. The SMILES string of the molecule is CC(C)[C@H](NC(=O)[C@@H]1CCCN1C(=O)[C@@H](NC(=O)CNC(=O)c1ccc(OCC(=O)O)cc1)C(C)C)C(=O)c1nc2ccccc2o1. The molecule has 2 aromatic carbocycles. The third-order valence-corrected chi connectivity index (χ3v) is 7.73. The minimum absolute atomic E-state index is 0.110. The molecule has 1 aromatic heterocycles. The number of aliphatic carboxylic acids is 1. The molecule has 47 heavy (non-hydrogen) atoms. The van der Waals surface area contributed by atoms with Crippen LogP contribution >= 0.6 is 0 Å². The molecule has 1 aliphatic heterocycles. The number of ketones is 1. The van der Waals surface area contributed by atoms with E-state index in [1.165, 1.54) is 29.2 Å². The van der Waals surface area contributed by atoms with Gasteiger partial charge >= 0.3 is 5.97 Å². The number of para-hydroxylation sites is 2. The lowest BCUT2D eigenvalue weighted by Crippen LogP contribution is -2.57. The first-order valence-corrected chi connectivity index (χ1v) is 15.4. The Morgan fingerprint density at radius 1 is 0.957 bits per heavy atom. The first kappa shape index (κ1) is 34.6. The van der Waals surface area contributed by atoms with Crippen molar-refractivity contribution in [3.05, 3.63) is 60.0 Å². The fourth-order valence-corrected chi connectivity index (χ4v) is 5.23. The largest absolute Gasteiger partial charge is 0.482 e. The molecule has 0 unspecified atom stereocenters. The third-order valence-electron chi connectivity index (χ3n) is 7.73. The van der Waals surface area contributed by atoms with Crippen LogP contribution in [-0.4, -0.2) is 88.2 Å². The fourth-order valence-electron chi connectivity index (χ4n) is 5.23. The van der Waals surface area contributed by atoms with Crippen LogP contribution in [0.2, 0.25) is 0 Å². The van der Waals surface area contributed by atoms with Crippen molar-refractivity contribution >= 4 is 46.5 Å². The van der Waals surface area contributed by atoms with Crippen LogP contribution in [0.1, 0.15) is 61.6 Å². The van der Waals surface area contributed by atoms with Gasteiger partial charge in [-0.05, 0) is 61.1 Å². The molecular weight excluding hydrogens is 610 g/mol. The summed E-state index contributed by atoms with van der Waals surface area (Å²) in [6.45, 7) is 6.46. The summed E-state index contributed by atoms with van der Waals surface area (Å²) in [4.78, 5) is 82.3. The van der Waals surface area contributed by atoms with Crippen LogP contribution in [0, 0.1) is 11.8 Å². The number of aromatic nitrogens is 1. The summed E-state index contributed by atoms with van der Waals surface area (Å²) in [6.07, 6.45) is 0.943. The Morgan fingerprint density at radius 2 is 1.64 bits per heavy atom. The van der Waals surface area contributed by atoms with Gasteiger partial charge in [-0.2, -0.15) is 0 Å². The number of amides is 4. The zero-order valence-corrected chi connectivity index (χ0v) is 26.6. The molecule has 3 aromatic rings. The maximum atomic E-state index is 13.7. The van der Waals surface area contributed by atoms with Crippen molar-refractivity contribution in [1.29, 1.82) is 0 Å². The number of fused-ring (bicyclic) bond motifs is 1. The Kier molecular flexibility index (Phi) is 11.3. The number of carbonyl (C=O) groups is 6. The predicted molar refractivity (Wildman–Crippen MR) is 169 cm³/mol. The van der Waals surface area contributed by atoms with E-state index in [0.29, 0.717) is 30.5 Å². The second kappa shape index (κ2) is 15.3. The second-order valence-corrected chi connectivity index (χ2v) is 11.9. The van der Waals surface area contributed by atoms with Crippen molar-refractivity contribution in [2.75, 3.05) is 19.7 Å². The summed E-state index contributed by atoms with van der Waals surface area (Å²) in [6, 6.07) is 9.92. The van der Waals surface area contributed by atoms with Gasteiger partial charge in [-0.1, -0.05) is 39.8 Å². The van der Waals surface area contributed by atoms with Crippen molar-refractivity contribution in [2.45, 2.75) is 58.7 Å². The van der Waals surface area contributed by atoms with E-state index in [2.05, 4.69) is 20.9 Å². The molecule has 0 spiro atoms. The standard InChI is InChI=1S/C33H39N5O9/c1-18(2)27(29(42)32-35-22-8-5-6-10-24(22)47-32)37-31(44)23-9-7-15-38(23)33(45)28(19(3)4)36-25(39)16-34-30(43)20-11-13-21(14-12-20)46-17-26(40)41/h5-6,8,10-14,18-19,23,27-28H,7,9,15-17H2,1-4H3,(H,34,43)(H,36,39)(H,37,44)(H,40,41)/t23-,27-,28-/m0/s1. The van der Waals surface area contributed by atoms with E-state index in [-0.39, 0.29) is 29.0 Å². The number of rotatable bonds is 14. The van der Waals surface area contributed by atoms with Gasteiger partial charge in [-0.15, -0.1) is 0 Å². The highest BCUT2D eigenvalue weighted by Crippen LogP contribution is 2.22. The molecule has 4 rings (SSSR count). The zero-order chi connectivity index (χ0) is 34.2. The number of ether oxygens (including phenoxy) is 1. The Labute approximate surface area is 271 Å². The smallest absolute Gasteiger partial charge is 0.341 e. The quantitative estimate of drug-likeness (QED) is 0.188. The van der Waals surface area contributed by atoms with E-state index in [1.54, 1.807) is 52.0 Å². The summed E-state index contributed by atoms with van der Waals surface area (Å²) in [7, 11) is 0. The van der Waals surface area contributed by atoms with Crippen molar-refractivity contribution in [1.82, 2.24) is 25.8 Å². The minimum atomic E-state index is -1.14. The molecule has 14 heteroatoms. The van der Waals surface area contributed by atoms with Gasteiger partial charge in [-0.25, -0.2) is 9.78 Å². The molecule has 1 saturated heterocycles. The van der Waals surface area contributed by atoms with E-state index in [4.69, 9.17) is 14.3 Å². The van der Waals surface area contributed by atoms with Crippen LogP contribution in [0.25, 0.3) is 11.1 Å². The summed E-state index contributed by atoms with van der Waals surface area (Å²) in [5, 5.41) is 16.7. The number of carboxylic acid groups (broad SMARTS) is 1. The molecule has 4 N–H and O–H groups in total. The number of oxazole rings is 1. The third kappa shape index (κ3) is 8.71. The van der Waals surface area contributed by atoms with Gasteiger partial charge in [-0.3, -0.25) is 24.0 Å². The summed E-state index contributed by atoms with van der Waals surface area (Å²) < 4.78 is 10.7. The lowest BCUT2D eigenvalue weighted by molar-refractivity contribution is -0.142. The van der Waals surface area contributed by atoms with E-state index < -0.39 is 66.7 Å². The number of hydrogen-bond acceptors (Lipinski definition) is 9. The van der Waals surface area contributed by atoms with Crippen molar-refractivity contribution < 1.29 is 43.0 Å². The number of nitrogens with zero attached hydrogens (tertiary/aromatic N) is 2. The van der Waals surface area contributed by atoms with Gasteiger partial charge in [0.15, 0.2) is 12.2 Å². The number of Topliss-reactive ketones (excluding diaryl/α,β-unsaturated/α-hetero) is 1. The van der Waals surface area contributed by atoms with Crippen molar-refractivity contribution in [3.63, 3.8) is 0 Å². The molecule has 0 radical (unpaired) electrons. The molecule has 4 amide bonds. The predicted octanol–water partition coefficient (Wildman–Crippen LogP) is 2.18. The summed E-state index contributed by atoms with van der Waals surface area (Å²) in [5.74, 6) is -4.18. The monoisotopic (exact) mass is 649 g/mol. The summed E-state index contributed by atoms with van der Waals surface area (Å²) >= 11 is 0. The highest BCUT2D eigenvalue weighted by Gasteiger charge is 2.40. The first-order chi connectivity index (χ1) is 22.3.